The van der Waals surface area contributed by atoms with Gasteiger partial charge in [0.2, 0.25) is 0 Å². The van der Waals surface area contributed by atoms with E-state index in [9.17, 15) is 4.79 Å². The molecule has 2 heterocycles. The Balaban J connectivity index is 1.67. The van der Waals surface area contributed by atoms with E-state index in [1.54, 1.807) is 17.9 Å². The Morgan fingerprint density at radius 2 is 2.15 bits per heavy atom. The Labute approximate surface area is 157 Å². The molecule has 0 aliphatic carbocycles. The van der Waals surface area contributed by atoms with Crippen LogP contribution in [0.3, 0.4) is 0 Å². The number of hydrogen-bond acceptors (Lipinski definition) is 5. The second kappa shape index (κ2) is 8.10. The Hall–Kier alpha value is -2.73. The first-order valence-corrected chi connectivity index (χ1v) is 9.29. The van der Waals surface area contributed by atoms with Crippen molar-refractivity contribution < 1.29 is 9.53 Å². The molecule has 1 amide bonds. The molecule has 0 unspecified atom stereocenters. The lowest BCUT2D eigenvalue weighted by molar-refractivity contribution is 0.102. The highest BCUT2D eigenvalue weighted by atomic mass is 32.1. The monoisotopic (exact) mass is 367 g/mol. The van der Waals surface area contributed by atoms with Gasteiger partial charge in [-0.2, -0.15) is 0 Å². The molecule has 1 N–H and O–H groups in total. The number of carbonyl (C=O) groups is 1. The molecule has 2 aromatic heterocycles. The lowest BCUT2D eigenvalue weighted by Crippen LogP contribution is -2.15. The molecule has 1 aromatic carbocycles. The molecule has 0 aliphatic rings. The fourth-order valence-corrected chi connectivity index (χ4v) is 3.33. The van der Waals surface area contributed by atoms with Gasteiger partial charge in [-0.25, -0.2) is 4.98 Å². The van der Waals surface area contributed by atoms with Crippen molar-refractivity contribution >= 4 is 22.9 Å². The van der Waals surface area contributed by atoms with Crippen LogP contribution in [-0.4, -0.2) is 15.9 Å². The van der Waals surface area contributed by atoms with Crippen LogP contribution in [0.5, 0.6) is 5.75 Å². The van der Waals surface area contributed by atoms with Gasteiger partial charge < -0.3 is 10.1 Å². The zero-order valence-electron chi connectivity index (χ0n) is 15.0. The van der Waals surface area contributed by atoms with Crippen molar-refractivity contribution in [2.45, 2.75) is 33.3 Å². The second-order valence-corrected chi connectivity index (χ2v) is 7.19. The summed E-state index contributed by atoms with van der Waals surface area (Å²) in [7, 11) is 0. The minimum Gasteiger partial charge on any atom is -0.489 e. The van der Waals surface area contributed by atoms with Crippen LogP contribution in [0.2, 0.25) is 0 Å². The van der Waals surface area contributed by atoms with Gasteiger partial charge in [-0.3, -0.25) is 9.78 Å². The van der Waals surface area contributed by atoms with E-state index in [0.717, 1.165) is 27.4 Å². The molecular weight excluding hydrogens is 346 g/mol. The summed E-state index contributed by atoms with van der Waals surface area (Å²) in [6, 6.07) is 9.47. The minimum atomic E-state index is -0.179. The van der Waals surface area contributed by atoms with Gasteiger partial charge in [-0.15, -0.1) is 11.3 Å². The molecule has 3 rings (SSSR count). The molecule has 5 nitrogen and oxygen atoms in total. The number of hydrogen-bond donors (Lipinski definition) is 1. The molecule has 0 spiro atoms. The van der Waals surface area contributed by atoms with E-state index in [2.05, 4.69) is 29.1 Å². The second-order valence-electron chi connectivity index (χ2n) is 6.30. The topological polar surface area (TPSA) is 64.1 Å². The number of rotatable bonds is 6. The van der Waals surface area contributed by atoms with Gasteiger partial charge in [0, 0.05) is 28.5 Å². The van der Waals surface area contributed by atoms with Gasteiger partial charge in [0.25, 0.3) is 5.91 Å². The van der Waals surface area contributed by atoms with Crippen LogP contribution in [-0.2, 0) is 6.61 Å². The van der Waals surface area contributed by atoms with Crippen molar-refractivity contribution in [2.24, 2.45) is 0 Å². The molecule has 0 atom stereocenters. The number of nitrogens with zero attached hydrogens (tertiary/aromatic N) is 2. The van der Waals surface area contributed by atoms with Crippen molar-refractivity contribution in [3.8, 4) is 5.75 Å². The number of thiazole rings is 1. The van der Waals surface area contributed by atoms with Gasteiger partial charge >= 0.3 is 0 Å². The highest BCUT2D eigenvalue weighted by molar-refractivity contribution is 7.10. The van der Waals surface area contributed by atoms with E-state index in [-0.39, 0.29) is 11.8 Å². The van der Waals surface area contributed by atoms with Crippen molar-refractivity contribution in [3.05, 3.63) is 69.9 Å². The number of ether oxygens (including phenoxy) is 1. The van der Waals surface area contributed by atoms with E-state index in [4.69, 9.17) is 4.74 Å². The van der Waals surface area contributed by atoms with Crippen LogP contribution in [0.15, 0.2) is 48.2 Å². The first-order chi connectivity index (χ1) is 12.5. The number of carbonyl (C=O) groups excluding carboxylic acids is 1. The van der Waals surface area contributed by atoms with E-state index < -0.39 is 0 Å². The molecule has 3 aromatic rings. The summed E-state index contributed by atoms with van der Waals surface area (Å²) >= 11 is 1.51. The molecule has 6 heteroatoms. The lowest BCUT2D eigenvalue weighted by Gasteiger charge is -2.12. The van der Waals surface area contributed by atoms with Crippen LogP contribution in [0.4, 0.5) is 5.69 Å². The fourth-order valence-electron chi connectivity index (χ4n) is 2.53. The molecule has 134 valence electrons. The molecule has 0 bridgehead atoms. The Morgan fingerprint density at radius 1 is 1.31 bits per heavy atom. The van der Waals surface area contributed by atoms with Gasteiger partial charge in [0.05, 0.1) is 5.51 Å². The maximum Gasteiger partial charge on any atom is 0.275 e. The predicted molar refractivity (Wildman–Crippen MR) is 104 cm³/mol. The molecule has 26 heavy (non-hydrogen) atoms. The summed E-state index contributed by atoms with van der Waals surface area (Å²) in [6.45, 7) is 6.51. The van der Waals surface area contributed by atoms with Gasteiger partial charge in [-0.05, 0) is 42.7 Å². The lowest BCUT2D eigenvalue weighted by atomic mass is 10.1. The van der Waals surface area contributed by atoms with Crippen molar-refractivity contribution in [3.63, 3.8) is 0 Å². The largest absolute Gasteiger partial charge is 0.489 e. The Bertz CT molecular complexity index is 891. The van der Waals surface area contributed by atoms with E-state index in [1.807, 2.05) is 37.3 Å². The molecule has 0 radical (unpaired) electrons. The molecule has 0 fully saturated rings. The van der Waals surface area contributed by atoms with Crippen LogP contribution >= 0.6 is 11.3 Å². The van der Waals surface area contributed by atoms with E-state index in [1.165, 1.54) is 11.3 Å². The van der Waals surface area contributed by atoms with E-state index in [0.29, 0.717) is 12.3 Å². The average molecular weight is 367 g/mol. The highest BCUT2D eigenvalue weighted by Crippen LogP contribution is 2.26. The standard InChI is InChI=1S/C20H21N3O2S/c1-13(2)19-18(22-12-26-19)20(24)23-17-7-6-16(9-14(17)3)25-11-15-5-4-8-21-10-15/h4-10,12-13H,11H2,1-3H3,(H,23,24). The first-order valence-electron chi connectivity index (χ1n) is 8.41. The van der Waals surface area contributed by atoms with Crippen molar-refractivity contribution in [1.82, 2.24) is 9.97 Å². The zero-order chi connectivity index (χ0) is 18.5. The van der Waals surface area contributed by atoms with Gasteiger partial charge in [-0.1, -0.05) is 19.9 Å². The number of amides is 1. The number of aryl methyl sites for hydroxylation is 1. The normalized spacial score (nSPS) is 10.8. The molecule has 0 saturated heterocycles. The van der Waals surface area contributed by atoms with Crippen LogP contribution < -0.4 is 10.1 Å². The summed E-state index contributed by atoms with van der Waals surface area (Å²) in [5.74, 6) is 0.843. The zero-order valence-corrected chi connectivity index (χ0v) is 15.8. The third kappa shape index (κ3) is 4.26. The summed E-state index contributed by atoms with van der Waals surface area (Å²) in [5, 5.41) is 2.95. The third-order valence-electron chi connectivity index (χ3n) is 3.91. The molecule has 0 aliphatic heterocycles. The summed E-state index contributed by atoms with van der Waals surface area (Å²) in [6.07, 6.45) is 3.51. The summed E-state index contributed by atoms with van der Waals surface area (Å²) in [5.41, 5.74) is 4.91. The van der Waals surface area contributed by atoms with E-state index >= 15 is 0 Å². The SMILES string of the molecule is Cc1cc(OCc2cccnc2)ccc1NC(=O)c1ncsc1C(C)C. The average Bonchev–Trinajstić information content (AvgIpc) is 3.13. The third-order valence-corrected chi connectivity index (χ3v) is 5.04. The number of anilines is 1. The quantitative estimate of drug-likeness (QED) is 0.679. The number of nitrogens with one attached hydrogen (secondary N) is 1. The van der Waals surface area contributed by atoms with Gasteiger partial charge in [0.1, 0.15) is 18.1 Å². The Kier molecular flexibility index (Phi) is 5.63. The van der Waals surface area contributed by atoms with Crippen LogP contribution in [0.1, 0.15) is 46.3 Å². The van der Waals surface area contributed by atoms with Crippen molar-refractivity contribution in [1.29, 1.82) is 0 Å². The van der Waals surface area contributed by atoms with Crippen LogP contribution in [0, 0.1) is 6.92 Å². The maximum atomic E-state index is 12.5. The predicted octanol–water partition coefficient (Wildman–Crippen LogP) is 4.80. The number of benzene rings is 1. The fraction of sp³-hybridized carbons (Fsp3) is 0.250. The highest BCUT2D eigenvalue weighted by Gasteiger charge is 2.18. The first kappa shape index (κ1) is 18.1. The number of pyridine rings is 1. The smallest absolute Gasteiger partial charge is 0.275 e. The number of aromatic nitrogens is 2. The summed E-state index contributed by atoms with van der Waals surface area (Å²) in [4.78, 5) is 21.8. The van der Waals surface area contributed by atoms with Crippen LogP contribution in [0.25, 0.3) is 0 Å². The molecule has 0 saturated carbocycles. The summed E-state index contributed by atoms with van der Waals surface area (Å²) < 4.78 is 5.79. The van der Waals surface area contributed by atoms with Gasteiger partial charge in [0.15, 0.2) is 0 Å². The Morgan fingerprint density at radius 3 is 2.85 bits per heavy atom. The molecular formula is C20H21N3O2S. The maximum absolute atomic E-state index is 12.5. The minimum absolute atomic E-state index is 0.179. The van der Waals surface area contributed by atoms with Crippen molar-refractivity contribution in [2.75, 3.05) is 5.32 Å².